The van der Waals surface area contributed by atoms with Gasteiger partial charge in [0.1, 0.15) is 0 Å². The van der Waals surface area contributed by atoms with Crippen molar-refractivity contribution in [1.29, 1.82) is 0 Å². The molecular weight excluding hydrogens is 238 g/mol. The van der Waals surface area contributed by atoms with Gasteiger partial charge in [-0.15, -0.1) is 0 Å². The molecule has 0 bridgehead atoms. The topological polar surface area (TPSA) is 44.4 Å². The molecule has 1 aliphatic carbocycles. The second-order valence-electron chi connectivity index (χ2n) is 6.51. The largest absolute Gasteiger partial charge is 0.356 e. The summed E-state index contributed by atoms with van der Waals surface area (Å²) >= 11 is 0. The molecule has 0 spiro atoms. The van der Waals surface area contributed by atoms with E-state index in [-0.39, 0.29) is 5.91 Å². The summed E-state index contributed by atoms with van der Waals surface area (Å²) in [6.45, 7) is 4.44. The Morgan fingerprint density at radius 3 is 2.68 bits per heavy atom. The van der Waals surface area contributed by atoms with Crippen molar-refractivity contribution in [2.45, 2.75) is 57.0 Å². The number of nitrogens with zero attached hydrogens (tertiary/aromatic N) is 1. The maximum Gasteiger partial charge on any atom is 0.221 e. The number of amides is 1. The third-order valence-electron chi connectivity index (χ3n) is 4.90. The summed E-state index contributed by atoms with van der Waals surface area (Å²) in [6.07, 6.45) is 8.40. The Hall–Kier alpha value is -0.610. The maximum absolute atomic E-state index is 11.6. The van der Waals surface area contributed by atoms with E-state index in [4.69, 9.17) is 0 Å². The summed E-state index contributed by atoms with van der Waals surface area (Å²) in [6, 6.07) is 1.21. The van der Waals surface area contributed by atoms with Crippen molar-refractivity contribution in [3.8, 4) is 0 Å². The fourth-order valence-corrected chi connectivity index (χ4v) is 3.39. The summed E-state index contributed by atoms with van der Waals surface area (Å²) in [5.41, 5.74) is 0. The highest BCUT2D eigenvalue weighted by molar-refractivity contribution is 5.76. The van der Waals surface area contributed by atoms with Gasteiger partial charge < -0.3 is 10.6 Å². The zero-order chi connectivity index (χ0) is 13.1. The quantitative estimate of drug-likeness (QED) is 0.800. The predicted octanol–water partition coefficient (Wildman–Crippen LogP) is 1.12. The first-order valence-electron chi connectivity index (χ1n) is 8.05. The molecule has 108 valence electrons. The Bertz CT molecular complexity index is 309. The van der Waals surface area contributed by atoms with Gasteiger partial charge in [-0.25, -0.2) is 0 Å². The number of rotatable bonds is 4. The fraction of sp³-hybridized carbons (Fsp3) is 0.933. The van der Waals surface area contributed by atoms with Gasteiger partial charge in [-0.3, -0.25) is 9.69 Å². The van der Waals surface area contributed by atoms with Gasteiger partial charge in [-0.2, -0.15) is 0 Å². The first-order chi connectivity index (χ1) is 9.31. The summed E-state index contributed by atoms with van der Waals surface area (Å²) in [4.78, 5) is 14.2. The number of piperidine rings is 1. The fourth-order valence-electron chi connectivity index (χ4n) is 3.39. The molecule has 2 heterocycles. The van der Waals surface area contributed by atoms with Crippen LogP contribution in [0.3, 0.4) is 0 Å². The minimum absolute atomic E-state index is 0.247. The van der Waals surface area contributed by atoms with Crippen molar-refractivity contribution in [1.82, 2.24) is 15.5 Å². The molecule has 2 N–H and O–H groups in total. The first-order valence-corrected chi connectivity index (χ1v) is 8.05. The molecule has 0 radical (unpaired) electrons. The maximum atomic E-state index is 11.6. The van der Waals surface area contributed by atoms with Crippen LogP contribution in [0.5, 0.6) is 0 Å². The van der Waals surface area contributed by atoms with Gasteiger partial charge in [0.15, 0.2) is 0 Å². The van der Waals surface area contributed by atoms with E-state index >= 15 is 0 Å². The lowest BCUT2D eigenvalue weighted by Crippen LogP contribution is -2.47. The molecule has 1 atom stereocenters. The molecule has 1 saturated carbocycles. The number of carbonyl (C=O) groups is 1. The van der Waals surface area contributed by atoms with Crippen molar-refractivity contribution in [3.05, 3.63) is 0 Å². The molecule has 4 nitrogen and oxygen atoms in total. The third-order valence-corrected chi connectivity index (χ3v) is 4.90. The zero-order valence-corrected chi connectivity index (χ0v) is 11.9. The number of hydrogen-bond acceptors (Lipinski definition) is 3. The lowest BCUT2D eigenvalue weighted by atomic mass is 9.99. The summed E-state index contributed by atoms with van der Waals surface area (Å²) in [5.74, 6) is 1.22. The van der Waals surface area contributed by atoms with Crippen LogP contribution in [-0.4, -0.2) is 49.1 Å². The van der Waals surface area contributed by atoms with Gasteiger partial charge in [-0.1, -0.05) is 0 Å². The van der Waals surface area contributed by atoms with E-state index < -0.39 is 0 Å². The van der Waals surface area contributed by atoms with Gasteiger partial charge >= 0.3 is 0 Å². The molecule has 0 aromatic carbocycles. The van der Waals surface area contributed by atoms with Crippen molar-refractivity contribution < 1.29 is 4.79 Å². The Kier molecular flexibility index (Phi) is 4.38. The lowest BCUT2D eigenvalue weighted by molar-refractivity contribution is -0.121. The Morgan fingerprint density at radius 2 is 1.95 bits per heavy atom. The highest BCUT2D eigenvalue weighted by Crippen LogP contribution is 2.28. The highest BCUT2D eigenvalue weighted by Gasteiger charge is 2.28. The van der Waals surface area contributed by atoms with Crippen molar-refractivity contribution >= 4 is 5.91 Å². The minimum Gasteiger partial charge on any atom is -0.356 e. The SMILES string of the molecule is O=C1CC(N2CCC(NCC3CC3)CC2)CCCN1. The Balaban J connectivity index is 1.41. The molecule has 3 aliphatic rings. The number of likely N-dealkylation sites (tertiary alicyclic amines) is 1. The normalized spacial score (nSPS) is 30.9. The summed E-state index contributed by atoms with van der Waals surface area (Å²) in [5, 5.41) is 6.71. The van der Waals surface area contributed by atoms with Crippen LogP contribution in [0.1, 0.15) is 44.9 Å². The van der Waals surface area contributed by atoms with E-state index in [0.29, 0.717) is 12.5 Å². The van der Waals surface area contributed by atoms with Gasteiger partial charge in [0.05, 0.1) is 0 Å². The molecule has 4 heteroatoms. The Labute approximate surface area is 116 Å². The predicted molar refractivity (Wildman–Crippen MR) is 76.0 cm³/mol. The van der Waals surface area contributed by atoms with E-state index in [0.717, 1.165) is 24.9 Å². The average molecular weight is 265 g/mol. The molecule has 2 aliphatic heterocycles. The van der Waals surface area contributed by atoms with Crippen LogP contribution in [-0.2, 0) is 4.79 Å². The van der Waals surface area contributed by atoms with E-state index in [2.05, 4.69) is 15.5 Å². The van der Waals surface area contributed by atoms with E-state index in [1.54, 1.807) is 0 Å². The van der Waals surface area contributed by atoms with E-state index in [1.807, 2.05) is 0 Å². The second kappa shape index (κ2) is 6.23. The van der Waals surface area contributed by atoms with Crippen LogP contribution in [0, 0.1) is 5.92 Å². The zero-order valence-electron chi connectivity index (χ0n) is 11.9. The monoisotopic (exact) mass is 265 g/mol. The van der Waals surface area contributed by atoms with Crippen molar-refractivity contribution in [3.63, 3.8) is 0 Å². The van der Waals surface area contributed by atoms with Crippen molar-refractivity contribution in [2.24, 2.45) is 5.92 Å². The van der Waals surface area contributed by atoms with Crippen LogP contribution in [0.15, 0.2) is 0 Å². The number of carbonyl (C=O) groups excluding carboxylic acids is 1. The highest BCUT2D eigenvalue weighted by atomic mass is 16.1. The molecule has 0 aromatic heterocycles. The molecule has 0 aromatic rings. The van der Waals surface area contributed by atoms with Gasteiger partial charge in [0.2, 0.25) is 5.91 Å². The molecule has 19 heavy (non-hydrogen) atoms. The van der Waals surface area contributed by atoms with Crippen molar-refractivity contribution in [2.75, 3.05) is 26.2 Å². The second-order valence-corrected chi connectivity index (χ2v) is 6.51. The molecular formula is C15H27N3O. The van der Waals surface area contributed by atoms with E-state index in [9.17, 15) is 4.79 Å². The number of hydrogen-bond donors (Lipinski definition) is 2. The molecule has 1 amide bonds. The van der Waals surface area contributed by atoms with Crippen LogP contribution in [0.2, 0.25) is 0 Å². The standard InChI is InChI=1S/C15H27N3O/c19-15-10-14(2-1-7-16-15)18-8-5-13(6-9-18)17-11-12-3-4-12/h12-14,17H,1-11H2,(H,16,19). The Morgan fingerprint density at radius 1 is 1.16 bits per heavy atom. The van der Waals surface area contributed by atoms with Crippen LogP contribution in [0.25, 0.3) is 0 Å². The number of nitrogens with one attached hydrogen (secondary N) is 2. The van der Waals surface area contributed by atoms with Gasteiger partial charge in [-0.05, 0) is 64.1 Å². The smallest absolute Gasteiger partial charge is 0.221 e. The third kappa shape index (κ3) is 3.93. The van der Waals surface area contributed by atoms with Gasteiger partial charge in [0, 0.05) is 25.0 Å². The molecule has 3 rings (SSSR count). The molecule has 2 saturated heterocycles. The minimum atomic E-state index is 0.247. The van der Waals surface area contributed by atoms with E-state index in [1.165, 1.54) is 51.7 Å². The van der Waals surface area contributed by atoms with Crippen LogP contribution in [0.4, 0.5) is 0 Å². The first kappa shape index (κ1) is 13.4. The van der Waals surface area contributed by atoms with Crippen LogP contribution < -0.4 is 10.6 Å². The lowest BCUT2D eigenvalue weighted by Gasteiger charge is -2.37. The molecule has 1 unspecified atom stereocenters. The summed E-state index contributed by atoms with van der Waals surface area (Å²) < 4.78 is 0. The average Bonchev–Trinajstić information content (AvgIpc) is 3.25. The van der Waals surface area contributed by atoms with Gasteiger partial charge in [0.25, 0.3) is 0 Å². The molecule has 3 fully saturated rings. The van der Waals surface area contributed by atoms with Crippen LogP contribution >= 0.6 is 0 Å². The summed E-state index contributed by atoms with van der Waals surface area (Å²) in [7, 11) is 0.